The summed E-state index contributed by atoms with van der Waals surface area (Å²) in [6, 6.07) is 0. The van der Waals surface area contributed by atoms with Crippen molar-refractivity contribution in [1.82, 2.24) is 0 Å². The van der Waals surface area contributed by atoms with Crippen molar-refractivity contribution in [1.29, 1.82) is 0 Å². The van der Waals surface area contributed by atoms with Gasteiger partial charge >= 0.3 is 17.9 Å². The van der Waals surface area contributed by atoms with E-state index in [2.05, 4.69) is 179 Å². The van der Waals surface area contributed by atoms with Crippen molar-refractivity contribution in [2.45, 2.75) is 264 Å². The van der Waals surface area contributed by atoms with Crippen LogP contribution in [0.2, 0.25) is 0 Å². The van der Waals surface area contributed by atoms with Gasteiger partial charge in [0.05, 0.1) is 0 Å². The average Bonchev–Trinajstić information content (AvgIpc) is 3.44. The number of hydrogen-bond donors (Lipinski definition) is 0. The van der Waals surface area contributed by atoms with Crippen molar-refractivity contribution >= 4 is 17.9 Å². The molecule has 0 aliphatic heterocycles. The topological polar surface area (TPSA) is 78.9 Å². The van der Waals surface area contributed by atoms with Crippen LogP contribution in [0.4, 0.5) is 0 Å². The fourth-order valence-corrected chi connectivity index (χ4v) is 8.13. The summed E-state index contributed by atoms with van der Waals surface area (Å²) in [6.45, 7) is 6.34. The molecular weight excluding hydrogens is 961 g/mol. The van der Waals surface area contributed by atoms with E-state index >= 15 is 0 Å². The number of carbonyl (C=O) groups excluding carboxylic acids is 3. The van der Waals surface area contributed by atoms with Crippen LogP contribution < -0.4 is 0 Å². The fourth-order valence-electron chi connectivity index (χ4n) is 8.13. The zero-order valence-corrected chi connectivity index (χ0v) is 50.1. The molecule has 438 valence electrons. The van der Waals surface area contributed by atoms with Gasteiger partial charge in [0.1, 0.15) is 13.2 Å². The molecule has 6 heteroatoms. The van der Waals surface area contributed by atoms with Crippen LogP contribution in [-0.4, -0.2) is 37.2 Å². The Morgan fingerprint density at radius 3 is 0.782 bits per heavy atom. The summed E-state index contributed by atoms with van der Waals surface area (Å²) in [7, 11) is 0. The number of ether oxygens (including phenoxy) is 3. The van der Waals surface area contributed by atoms with E-state index in [-0.39, 0.29) is 31.1 Å². The van der Waals surface area contributed by atoms with E-state index < -0.39 is 6.10 Å². The van der Waals surface area contributed by atoms with Gasteiger partial charge in [-0.2, -0.15) is 0 Å². The van der Waals surface area contributed by atoms with Crippen molar-refractivity contribution in [3.05, 3.63) is 158 Å². The molecule has 78 heavy (non-hydrogen) atoms. The Labute approximate surface area is 480 Å². The van der Waals surface area contributed by atoms with Crippen molar-refractivity contribution in [3.63, 3.8) is 0 Å². The highest BCUT2D eigenvalue weighted by Crippen LogP contribution is 2.14. The number of esters is 3. The highest BCUT2D eigenvalue weighted by molar-refractivity contribution is 5.71. The Bertz CT molecular complexity index is 1760. The molecule has 0 aromatic heterocycles. The van der Waals surface area contributed by atoms with Crippen LogP contribution >= 0.6 is 0 Å². The molecule has 0 fully saturated rings. The van der Waals surface area contributed by atoms with Gasteiger partial charge in [0.2, 0.25) is 0 Å². The molecule has 1 unspecified atom stereocenters. The second kappa shape index (κ2) is 64.6. The fraction of sp³-hybridized carbons (Fsp3) is 0.597. The monoisotopic (exact) mass is 1070 g/mol. The third kappa shape index (κ3) is 61.9. The molecule has 0 radical (unpaired) electrons. The summed E-state index contributed by atoms with van der Waals surface area (Å²) in [5.74, 6) is -0.942. The van der Waals surface area contributed by atoms with Crippen molar-refractivity contribution in [2.75, 3.05) is 13.2 Å². The maximum absolute atomic E-state index is 12.9. The first-order valence-corrected chi connectivity index (χ1v) is 31.5. The second-order valence-corrected chi connectivity index (χ2v) is 20.2. The van der Waals surface area contributed by atoms with Gasteiger partial charge in [-0.25, -0.2) is 0 Å². The predicted octanol–water partition coefficient (Wildman–Crippen LogP) is 21.7. The number of rotatable bonds is 55. The van der Waals surface area contributed by atoms with E-state index in [1.807, 2.05) is 0 Å². The Hall–Kier alpha value is -4.97. The summed E-state index contributed by atoms with van der Waals surface area (Å²) in [6.07, 6.45) is 94.0. The highest BCUT2D eigenvalue weighted by atomic mass is 16.6. The van der Waals surface area contributed by atoms with E-state index in [1.54, 1.807) is 0 Å². The third-order valence-electron chi connectivity index (χ3n) is 12.8. The van der Waals surface area contributed by atoms with Gasteiger partial charge in [-0.3, -0.25) is 14.4 Å². The molecule has 0 rings (SSSR count). The molecule has 0 N–H and O–H groups in total. The summed E-state index contributed by atoms with van der Waals surface area (Å²) in [5, 5.41) is 0. The van der Waals surface area contributed by atoms with E-state index in [0.29, 0.717) is 19.3 Å². The third-order valence-corrected chi connectivity index (χ3v) is 12.8. The summed E-state index contributed by atoms with van der Waals surface area (Å²) in [5.41, 5.74) is 0. The van der Waals surface area contributed by atoms with Crippen molar-refractivity contribution < 1.29 is 28.6 Å². The van der Waals surface area contributed by atoms with Gasteiger partial charge in [-0.1, -0.05) is 269 Å². The highest BCUT2D eigenvalue weighted by Gasteiger charge is 2.19. The molecule has 0 amide bonds. The standard InChI is InChI=1S/C72H114O6/c1-4-7-10-13-16-19-21-23-25-27-29-31-33-34-35-36-37-38-40-41-43-45-47-49-51-53-56-59-62-65-71(74)77-68-69(67-76-70(73)64-61-58-55-18-15-12-9-6-3)78-72(75)66-63-60-57-54-52-50-48-46-44-42-39-32-30-28-26-24-22-20-17-14-11-8-5-2/h7-8,10-11,16-17,19-20,23-26,29-32,34-35,37-38,41-44,47,49,69H,4-6,9,12-15,18,21-22,27-28,33,36,39-40,45-46,48,50-68H2,1-3H3/b10-7-,11-8-,19-16-,20-17-,25-23-,26-24-,31-29-,32-30-,35-34-,38-37-,43-41-,44-42-,49-47-. The van der Waals surface area contributed by atoms with Crippen LogP contribution in [-0.2, 0) is 28.6 Å². The molecule has 0 aromatic carbocycles. The summed E-state index contributed by atoms with van der Waals surface area (Å²) in [4.78, 5) is 38.1. The lowest BCUT2D eigenvalue weighted by atomic mass is 10.1. The lowest BCUT2D eigenvalue weighted by Crippen LogP contribution is -2.30. The van der Waals surface area contributed by atoms with E-state index in [9.17, 15) is 14.4 Å². The molecule has 0 heterocycles. The zero-order valence-electron chi connectivity index (χ0n) is 50.1. The van der Waals surface area contributed by atoms with Gasteiger partial charge in [0.25, 0.3) is 0 Å². The average molecular weight is 1080 g/mol. The smallest absolute Gasteiger partial charge is 0.306 e. The van der Waals surface area contributed by atoms with E-state index in [1.165, 1.54) is 51.4 Å². The largest absolute Gasteiger partial charge is 0.462 e. The molecule has 0 aromatic rings. The predicted molar refractivity (Wildman–Crippen MR) is 338 cm³/mol. The molecule has 0 saturated heterocycles. The SMILES string of the molecule is CC/C=C\C/C=C\C/C=C\C/C=C\C/C=C\C/C=C\C/C=C\C/C=C\CCCCCCC(=O)OCC(COC(=O)CCCCCCCCCC)OC(=O)CCCCCCCCC/C=C\C/C=C\C/C=C\C/C=C\C/C=C\CC. The lowest BCUT2D eigenvalue weighted by molar-refractivity contribution is -0.167. The Balaban J connectivity index is 4.32. The summed E-state index contributed by atoms with van der Waals surface area (Å²) >= 11 is 0. The quantitative estimate of drug-likeness (QED) is 0.0261. The number of allylic oxidation sites excluding steroid dienone is 26. The first-order valence-electron chi connectivity index (χ1n) is 31.5. The Morgan fingerprint density at radius 2 is 0.500 bits per heavy atom. The normalized spacial score (nSPS) is 13.2. The van der Waals surface area contributed by atoms with Crippen LogP contribution in [0.1, 0.15) is 258 Å². The van der Waals surface area contributed by atoms with Crippen LogP contribution in [0, 0.1) is 0 Å². The molecule has 0 bridgehead atoms. The van der Waals surface area contributed by atoms with Crippen LogP contribution in [0.15, 0.2) is 158 Å². The van der Waals surface area contributed by atoms with Gasteiger partial charge < -0.3 is 14.2 Å². The van der Waals surface area contributed by atoms with E-state index in [0.717, 1.165) is 167 Å². The second-order valence-electron chi connectivity index (χ2n) is 20.2. The Kier molecular flexibility index (Phi) is 60.4. The molecule has 0 aliphatic rings. The van der Waals surface area contributed by atoms with E-state index in [4.69, 9.17) is 14.2 Å². The molecule has 6 nitrogen and oxygen atoms in total. The van der Waals surface area contributed by atoms with Crippen LogP contribution in [0.25, 0.3) is 0 Å². The van der Waals surface area contributed by atoms with Gasteiger partial charge in [-0.15, -0.1) is 0 Å². The first-order chi connectivity index (χ1) is 38.5. The minimum Gasteiger partial charge on any atom is -0.462 e. The lowest BCUT2D eigenvalue weighted by Gasteiger charge is -2.18. The molecular formula is C72H114O6. The van der Waals surface area contributed by atoms with Crippen LogP contribution in [0.3, 0.4) is 0 Å². The van der Waals surface area contributed by atoms with Gasteiger partial charge in [0, 0.05) is 19.3 Å². The molecule has 0 spiro atoms. The van der Waals surface area contributed by atoms with Gasteiger partial charge in [-0.05, 0) is 128 Å². The number of unbranched alkanes of at least 4 members (excludes halogenated alkanes) is 18. The van der Waals surface area contributed by atoms with Crippen molar-refractivity contribution in [2.24, 2.45) is 0 Å². The molecule has 1 atom stereocenters. The summed E-state index contributed by atoms with van der Waals surface area (Å²) < 4.78 is 16.8. The number of hydrogen-bond acceptors (Lipinski definition) is 6. The van der Waals surface area contributed by atoms with Crippen molar-refractivity contribution in [3.8, 4) is 0 Å². The minimum atomic E-state index is -0.801. The zero-order chi connectivity index (χ0) is 56.4. The minimum absolute atomic E-state index is 0.0960. The van der Waals surface area contributed by atoms with Gasteiger partial charge in [0.15, 0.2) is 6.10 Å². The maximum Gasteiger partial charge on any atom is 0.306 e. The number of carbonyl (C=O) groups is 3. The maximum atomic E-state index is 12.9. The molecule has 0 saturated carbocycles. The van der Waals surface area contributed by atoms with Crippen LogP contribution in [0.5, 0.6) is 0 Å². The Morgan fingerprint density at radius 1 is 0.269 bits per heavy atom. The first kappa shape index (κ1) is 73.0. The molecule has 0 aliphatic carbocycles.